The molecular formula is C11H20N2O. The van der Waals surface area contributed by atoms with E-state index in [1.165, 1.54) is 6.42 Å². The lowest BCUT2D eigenvalue weighted by Gasteiger charge is -2.33. The highest BCUT2D eigenvalue weighted by Gasteiger charge is 2.64. The smallest absolute Gasteiger partial charge is 0.0806 e. The molecule has 0 radical (unpaired) electrons. The van der Waals surface area contributed by atoms with Crippen LogP contribution in [0.4, 0.5) is 0 Å². The predicted octanol–water partition coefficient (Wildman–Crippen LogP) is 1.86. The maximum absolute atomic E-state index is 9.14. The number of fused-ring (bicyclic) bond motifs is 2. The minimum absolute atomic E-state index is 0.0834. The van der Waals surface area contributed by atoms with E-state index in [2.05, 4.69) is 31.2 Å². The number of hydrogen-bond acceptors (Lipinski definition) is 3. The zero-order chi connectivity index (χ0) is 10.6. The van der Waals surface area contributed by atoms with E-state index in [9.17, 15) is 0 Å². The average Bonchev–Trinajstić information content (AvgIpc) is 2.46. The molecule has 0 amide bonds. The second kappa shape index (κ2) is 2.72. The van der Waals surface area contributed by atoms with Gasteiger partial charge >= 0.3 is 0 Å². The van der Waals surface area contributed by atoms with E-state index in [1.807, 2.05) is 7.05 Å². The van der Waals surface area contributed by atoms with E-state index < -0.39 is 0 Å². The summed E-state index contributed by atoms with van der Waals surface area (Å²) in [6.45, 7) is 6.83. The number of nitrogens with one attached hydrogen (secondary N) is 1. The first-order valence-electron chi connectivity index (χ1n) is 5.38. The van der Waals surface area contributed by atoms with Crippen molar-refractivity contribution >= 4 is 5.71 Å². The highest BCUT2D eigenvalue weighted by molar-refractivity contribution is 5.98. The van der Waals surface area contributed by atoms with Gasteiger partial charge in [0.1, 0.15) is 0 Å². The third kappa shape index (κ3) is 0.842. The number of rotatable bonds is 1. The van der Waals surface area contributed by atoms with Gasteiger partial charge in [0.25, 0.3) is 0 Å². The van der Waals surface area contributed by atoms with Crippen LogP contribution < -0.4 is 5.32 Å². The van der Waals surface area contributed by atoms with Crippen molar-refractivity contribution in [3.05, 3.63) is 0 Å². The fourth-order valence-corrected chi connectivity index (χ4v) is 3.62. The molecule has 0 aromatic rings. The highest BCUT2D eigenvalue weighted by atomic mass is 16.4. The van der Waals surface area contributed by atoms with Crippen molar-refractivity contribution in [2.24, 2.45) is 21.9 Å². The lowest BCUT2D eigenvalue weighted by atomic mass is 9.70. The van der Waals surface area contributed by atoms with E-state index in [-0.39, 0.29) is 16.9 Å². The first kappa shape index (κ1) is 9.97. The number of oxime groups is 1. The van der Waals surface area contributed by atoms with E-state index in [4.69, 9.17) is 5.21 Å². The van der Waals surface area contributed by atoms with Crippen molar-refractivity contribution in [3.8, 4) is 0 Å². The molecule has 0 aliphatic heterocycles. The summed E-state index contributed by atoms with van der Waals surface area (Å²) in [4.78, 5) is 0. The average molecular weight is 196 g/mol. The second-order valence-electron chi connectivity index (χ2n) is 5.45. The van der Waals surface area contributed by atoms with Gasteiger partial charge in [0.05, 0.1) is 11.8 Å². The molecule has 2 aliphatic rings. The monoisotopic (exact) mass is 196 g/mol. The van der Waals surface area contributed by atoms with E-state index >= 15 is 0 Å². The summed E-state index contributed by atoms with van der Waals surface area (Å²) in [6.07, 6.45) is 2.40. The van der Waals surface area contributed by atoms with Crippen LogP contribution in [0.2, 0.25) is 0 Å². The molecule has 2 saturated carbocycles. The minimum Gasteiger partial charge on any atom is -0.411 e. The first-order valence-corrected chi connectivity index (χ1v) is 5.38. The van der Waals surface area contributed by atoms with Crippen LogP contribution in [-0.2, 0) is 0 Å². The molecule has 2 bridgehead atoms. The molecule has 2 rings (SSSR count). The Morgan fingerprint density at radius 2 is 2.07 bits per heavy atom. The van der Waals surface area contributed by atoms with E-state index in [1.54, 1.807) is 0 Å². The van der Waals surface area contributed by atoms with Crippen LogP contribution in [0.25, 0.3) is 0 Å². The summed E-state index contributed by atoms with van der Waals surface area (Å²) < 4.78 is 0. The lowest BCUT2D eigenvalue weighted by molar-refractivity contribution is 0.183. The maximum Gasteiger partial charge on any atom is 0.0806 e. The summed E-state index contributed by atoms with van der Waals surface area (Å²) in [5.41, 5.74) is 1.30. The summed E-state index contributed by atoms with van der Waals surface area (Å²) in [6, 6.07) is 0.272. The molecular weight excluding hydrogens is 176 g/mol. The second-order valence-corrected chi connectivity index (χ2v) is 5.45. The third-order valence-electron chi connectivity index (χ3n) is 4.99. The Morgan fingerprint density at radius 1 is 1.43 bits per heavy atom. The van der Waals surface area contributed by atoms with Crippen molar-refractivity contribution in [2.75, 3.05) is 7.05 Å². The topological polar surface area (TPSA) is 44.6 Å². The van der Waals surface area contributed by atoms with E-state index in [0.717, 1.165) is 12.1 Å². The van der Waals surface area contributed by atoms with Crippen molar-refractivity contribution in [1.82, 2.24) is 5.32 Å². The minimum atomic E-state index is 0.0834. The van der Waals surface area contributed by atoms with Gasteiger partial charge in [0.15, 0.2) is 0 Å². The molecule has 14 heavy (non-hydrogen) atoms. The van der Waals surface area contributed by atoms with Crippen LogP contribution in [0, 0.1) is 16.7 Å². The Balaban J connectivity index is 2.49. The molecule has 3 atom stereocenters. The van der Waals surface area contributed by atoms with Crippen molar-refractivity contribution in [1.29, 1.82) is 0 Å². The molecule has 2 N–H and O–H groups in total. The van der Waals surface area contributed by atoms with Crippen LogP contribution in [0.1, 0.15) is 33.6 Å². The zero-order valence-electron chi connectivity index (χ0n) is 9.46. The molecule has 0 aromatic carbocycles. The highest BCUT2D eigenvalue weighted by Crippen LogP contribution is 2.63. The largest absolute Gasteiger partial charge is 0.411 e. The third-order valence-corrected chi connectivity index (χ3v) is 4.99. The van der Waals surface area contributed by atoms with Gasteiger partial charge in [-0.3, -0.25) is 0 Å². The molecule has 0 aromatic heterocycles. The van der Waals surface area contributed by atoms with Crippen LogP contribution >= 0.6 is 0 Å². The normalized spacial score (nSPS) is 47.6. The van der Waals surface area contributed by atoms with Gasteiger partial charge in [-0.15, -0.1) is 0 Å². The van der Waals surface area contributed by atoms with Crippen LogP contribution in [0.3, 0.4) is 0 Å². The first-order chi connectivity index (χ1) is 6.49. The number of hydrogen-bond donors (Lipinski definition) is 2. The molecule has 3 nitrogen and oxygen atoms in total. The molecule has 3 heteroatoms. The fraction of sp³-hybridized carbons (Fsp3) is 0.909. The van der Waals surface area contributed by atoms with Gasteiger partial charge in [0.2, 0.25) is 0 Å². The molecule has 3 unspecified atom stereocenters. The van der Waals surface area contributed by atoms with Crippen molar-refractivity contribution < 1.29 is 5.21 Å². The Hall–Kier alpha value is -0.570. The van der Waals surface area contributed by atoms with Gasteiger partial charge < -0.3 is 10.5 Å². The molecule has 0 heterocycles. The standard InChI is InChI=1S/C11H20N2O/c1-10(2)7-5-6-11(10,3)9(13-14)8(7)12-4/h7-8,12,14H,5-6H2,1-4H3/b13-9-. The SMILES string of the molecule is CNC1/C(=N/O)C2(C)CCC1C2(C)C. The van der Waals surface area contributed by atoms with Crippen molar-refractivity contribution in [3.63, 3.8) is 0 Å². The molecule has 2 aliphatic carbocycles. The Kier molecular flexibility index (Phi) is 1.94. The van der Waals surface area contributed by atoms with Crippen LogP contribution in [0.5, 0.6) is 0 Å². The Morgan fingerprint density at radius 3 is 2.50 bits per heavy atom. The molecule has 0 spiro atoms. The summed E-state index contributed by atoms with van der Waals surface area (Å²) >= 11 is 0. The Bertz CT molecular complexity index is 285. The lowest BCUT2D eigenvalue weighted by Crippen LogP contribution is -2.41. The Labute approximate surface area is 85.6 Å². The van der Waals surface area contributed by atoms with Gasteiger partial charge in [-0.25, -0.2) is 0 Å². The van der Waals surface area contributed by atoms with Gasteiger partial charge in [0, 0.05) is 5.41 Å². The summed E-state index contributed by atoms with van der Waals surface area (Å²) in [5, 5.41) is 16.0. The zero-order valence-corrected chi connectivity index (χ0v) is 9.46. The van der Waals surface area contributed by atoms with E-state index in [0.29, 0.717) is 5.92 Å². The summed E-state index contributed by atoms with van der Waals surface area (Å²) in [5.74, 6) is 0.614. The summed E-state index contributed by atoms with van der Waals surface area (Å²) in [7, 11) is 1.95. The molecule has 2 fully saturated rings. The molecule has 80 valence electrons. The van der Waals surface area contributed by atoms with Gasteiger partial charge in [-0.2, -0.15) is 0 Å². The van der Waals surface area contributed by atoms with Crippen molar-refractivity contribution in [2.45, 2.75) is 39.7 Å². The van der Waals surface area contributed by atoms with Gasteiger partial charge in [-0.1, -0.05) is 25.9 Å². The molecule has 0 saturated heterocycles. The maximum atomic E-state index is 9.14. The predicted molar refractivity (Wildman–Crippen MR) is 56.7 cm³/mol. The van der Waals surface area contributed by atoms with Gasteiger partial charge in [-0.05, 0) is 31.2 Å². The van der Waals surface area contributed by atoms with Crippen LogP contribution in [0.15, 0.2) is 5.16 Å². The fourth-order valence-electron chi connectivity index (χ4n) is 3.62. The number of nitrogens with zero attached hydrogens (tertiary/aromatic N) is 1. The van der Waals surface area contributed by atoms with Crippen LogP contribution in [-0.4, -0.2) is 24.0 Å². The quantitative estimate of drug-likeness (QED) is 0.496.